The van der Waals surface area contributed by atoms with Crippen molar-refractivity contribution in [3.8, 4) is 0 Å². The molecule has 0 spiro atoms. The predicted molar refractivity (Wildman–Crippen MR) is 84.1 cm³/mol. The lowest BCUT2D eigenvalue weighted by Gasteiger charge is -2.22. The van der Waals surface area contributed by atoms with Crippen molar-refractivity contribution in [3.05, 3.63) is 71.0 Å². The first-order chi connectivity index (χ1) is 10.0. The summed E-state index contributed by atoms with van der Waals surface area (Å²) in [6.07, 6.45) is 0.902. The average molecular weight is 284 g/mol. The van der Waals surface area contributed by atoms with Gasteiger partial charge in [-0.25, -0.2) is 4.39 Å². The summed E-state index contributed by atoms with van der Waals surface area (Å²) in [6, 6.07) is 14.5. The number of carbonyl (C=O) groups is 1. The van der Waals surface area contributed by atoms with Gasteiger partial charge >= 0.3 is 0 Å². The third-order valence-corrected chi connectivity index (χ3v) is 4.11. The van der Waals surface area contributed by atoms with E-state index in [0.717, 1.165) is 12.0 Å². The van der Waals surface area contributed by atoms with Gasteiger partial charge in [-0.2, -0.15) is 0 Å². The normalized spacial score (nSPS) is 13.7. The zero-order valence-corrected chi connectivity index (χ0v) is 12.8. The summed E-state index contributed by atoms with van der Waals surface area (Å²) in [7, 11) is 0. The molecule has 110 valence electrons. The lowest BCUT2D eigenvalue weighted by molar-refractivity contribution is 0.0931. The molecule has 0 amide bonds. The van der Waals surface area contributed by atoms with Crippen molar-refractivity contribution in [3.63, 3.8) is 0 Å². The van der Waals surface area contributed by atoms with E-state index < -0.39 is 0 Å². The highest BCUT2D eigenvalue weighted by molar-refractivity contribution is 6.01. The van der Waals surface area contributed by atoms with Gasteiger partial charge in [-0.15, -0.1) is 0 Å². The molecule has 0 aliphatic rings. The van der Waals surface area contributed by atoms with E-state index in [1.165, 1.54) is 6.07 Å². The Morgan fingerprint density at radius 1 is 1.14 bits per heavy atom. The molecule has 2 aromatic carbocycles. The number of hydrogen-bond donors (Lipinski definition) is 0. The molecule has 0 aliphatic heterocycles. The zero-order chi connectivity index (χ0) is 15.4. The van der Waals surface area contributed by atoms with E-state index in [-0.39, 0.29) is 23.4 Å². The molecule has 0 bridgehead atoms. The molecule has 0 fully saturated rings. The summed E-state index contributed by atoms with van der Waals surface area (Å²) < 4.78 is 13.7. The van der Waals surface area contributed by atoms with Gasteiger partial charge in [-0.05, 0) is 30.0 Å². The van der Waals surface area contributed by atoms with Crippen LogP contribution in [0.25, 0.3) is 0 Å². The van der Waals surface area contributed by atoms with E-state index >= 15 is 0 Å². The largest absolute Gasteiger partial charge is 0.293 e. The van der Waals surface area contributed by atoms with Crippen LogP contribution in [0.1, 0.15) is 47.7 Å². The number of ketones is 1. The van der Waals surface area contributed by atoms with E-state index in [2.05, 4.69) is 13.8 Å². The van der Waals surface area contributed by atoms with Gasteiger partial charge in [0.1, 0.15) is 5.82 Å². The van der Waals surface area contributed by atoms with Gasteiger partial charge in [0.15, 0.2) is 5.78 Å². The fraction of sp³-hybridized carbons (Fsp3) is 0.316. The molecule has 0 saturated carbocycles. The van der Waals surface area contributed by atoms with E-state index in [1.54, 1.807) is 19.1 Å². The maximum atomic E-state index is 13.7. The highest BCUT2D eigenvalue weighted by Gasteiger charge is 2.27. The number of halogens is 1. The lowest BCUT2D eigenvalue weighted by Crippen LogP contribution is -2.20. The van der Waals surface area contributed by atoms with E-state index in [1.807, 2.05) is 30.3 Å². The van der Waals surface area contributed by atoms with Crippen LogP contribution in [0.4, 0.5) is 4.39 Å². The van der Waals surface area contributed by atoms with Crippen molar-refractivity contribution < 1.29 is 9.18 Å². The summed E-state index contributed by atoms with van der Waals surface area (Å²) in [5.74, 6) is -0.339. The highest BCUT2D eigenvalue weighted by Crippen LogP contribution is 2.30. The Hall–Kier alpha value is -1.96. The number of benzene rings is 2. The molecule has 0 N–H and O–H groups in total. The molecule has 21 heavy (non-hydrogen) atoms. The van der Waals surface area contributed by atoms with Crippen molar-refractivity contribution in [1.82, 2.24) is 0 Å². The second kappa shape index (κ2) is 6.66. The molecule has 2 atom stereocenters. The van der Waals surface area contributed by atoms with E-state index in [9.17, 15) is 9.18 Å². The van der Waals surface area contributed by atoms with Crippen LogP contribution in [-0.4, -0.2) is 5.78 Å². The fourth-order valence-electron chi connectivity index (χ4n) is 2.56. The Kier molecular flexibility index (Phi) is 4.89. The van der Waals surface area contributed by atoms with Crippen LogP contribution in [0, 0.1) is 18.7 Å². The second-order valence-corrected chi connectivity index (χ2v) is 5.60. The summed E-state index contributed by atoms with van der Waals surface area (Å²) in [5, 5.41) is 0. The van der Waals surface area contributed by atoms with Gasteiger partial charge in [-0.1, -0.05) is 62.7 Å². The van der Waals surface area contributed by atoms with Crippen molar-refractivity contribution in [1.29, 1.82) is 0 Å². The molecule has 0 heterocycles. The van der Waals surface area contributed by atoms with Crippen LogP contribution in [-0.2, 0) is 0 Å². The molecule has 2 heteroatoms. The Labute approximate surface area is 125 Å². The minimum atomic E-state index is -0.322. The topological polar surface area (TPSA) is 17.1 Å². The van der Waals surface area contributed by atoms with E-state index in [4.69, 9.17) is 0 Å². The SMILES string of the molecule is CCC(C)C(C(=O)c1ccc(C)c(F)c1)c1ccccc1. The van der Waals surface area contributed by atoms with Gasteiger partial charge < -0.3 is 0 Å². The molecule has 0 aliphatic carbocycles. The van der Waals surface area contributed by atoms with Crippen LogP contribution in [0.2, 0.25) is 0 Å². The third-order valence-electron chi connectivity index (χ3n) is 4.11. The molecule has 1 nitrogen and oxygen atoms in total. The molecule has 2 unspecified atom stereocenters. The summed E-state index contributed by atoms with van der Waals surface area (Å²) in [5.41, 5.74) is 2.01. The smallest absolute Gasteiger partial charge is 0.170 e. The molecular formula is C19H21FO. The van der Waals surface area contributed by atoms with Crippen LogP contribution < -0.4 is 0 Å². The Morgan fingerprint density at radius 2 is 1.81 bits per heavy atom. The highest BCUT2D eigenvalue weighted by atomic mass is 19.1. The predicted octanol–water partition coefficient (Wildman–Crippen LogP) is 5.15. The van der Waals surface area contributed by atoms with Crippen molar-refractivity contribution in [2.24, 2.45) is 5.92 Å². The first-order valence-corrected chi connectivity index (χ1v) is 7.40. The standard InChI is InChI=1S/C19H21FO/c1-4-13(2)18(15-8-6-5-7-9-15)19(21)16-11-10-14(3)17(20)12-16/h5-13,18H,4H2,1-3H3. The van der Waals surface area contributed by atoms with Gasteiger partial charge in [-0.3, -0.25) is 4.79 Å². The van der Waals surface area contributed by atoms with Crippen molar-refractivity contribution in [2.45, 2.75) is 33.1 Å². The van der Waals surface area contributed by atoms with Crippen molar-refractivity contribution in [2.75, 3.05) is 0 Å². The van der Waals surface area contributed by atoms with Gasteiger partial charge in [0.25, 0.3) is 0 Å². The molecule has 0 aromatic heterocycles. The number of hydrogen-bond acceptors (Lipinski definition) is 1. The summed E-state index contributed by atoms with van der Waals surface area (Å²) in [4.78, 5) is 12.8. The minimum absolute atomic E-state index is 0.00514. The molecule has 0 saturated heterocycles. The monoisotopic (exact) mass is 284 g/mol. The molecule has 0 radical (unpaired) electrons. The molecule has 2 rings (SSSR count). The van der Waals surface area contributed by atoms with Crippen LogP contribution in [0.15, 0.2) is 48.5 Å². The number of rotatable bonds is 5. The van der Waals surface area contributed by atoms with Gasteiger partial charge in [0.2, 0.25) is 0 Å². The first-order valence-electron chi connectivity index (χ1n) is 7.40. The minimum Gasteiger partial charge on any atom is -0.293 e. The quantitative estimate of drug-likeness (QED) is 0.694. The molecule has 2 aromatic rings. The zero-order valence-electron chi connectivity index (χ0n) is 12.8. The number of carbonyl (C=O) groups excluding carboxylic acids is 1. The molecular weight excluding hydrogens is 263 g/mol. The Balaban J connectivity index is 2.41. The second-order valence-electron chi connectivity index (χ2n) is 5.60. The van der Waals surface area contributed by atoms with Crippen LogP contribution >= 0.6 is 0 Å². The summed E-state index contributed by atoms with van der Waals surface area (Å²) in [6.45, 7) is 5.84. The van der Waals surface area contributed by atoms with Gasteiger partial charge in [0.05, 0.1) is 0 Å². The number of aryl methyl sites for hydroxylation is 1. The van der Waals surface area contributed by atoms with Gasteiger partial charge in [0, 0.05) is 11.5 Å². The average Bonchev–Trinajstić information content (AvgIpc) is 2.51. The number of Topliss-reactive ketones (excluding diaryl/α,β-unsaturated/α-hetero) is 1. The van der Waals surface area contributed by atoms with Crippen molar-refractivity contribution >= 4 is 5.78 Å². The maximum absolute atomic E-state index is 13.7. The first kappa shape index (κ1) is 15.4. The lowest BCUT2D eigenvalue weighted by atomic mass is 9.80. The summed E-state index contributed by atoms with van der Waals surface area (Å²) >= 11 is 0. The Bertz CT molecular complexity index is 619. The fourth-order valence-corrected chi connectivity index (χ4v) is 2.56. The Morgan fingerprint density at radius 3 is 2.38 bits per heavy atom. The van der Waals surface area contributed by atoms with Crippen LogP contribution in [0.3, 0.4) is 0 Å². The maximum Gasteiger partial charge on any atom is 0.170 e. The van der Waals surface area contributed by atoms with Crippen LogP contribution in [0.5, 0.6) is 0 Å². The third kappa shape index (κ3) is 3.38. The van der Waals surface area contributed by atoms with E-state index in [0.29, 0.717) is 11.1 Å².